The number of nitrogens with zero attached hydrogens (tertiary/aromatic N) is 4. The van der Waals surface area contributed by atoms with Crippen molar-refractivity contribution in [1.29, 1.82) is 0 Å². The van der Waals surface area contributed by atoms with Crippen molar-refractivity contribution >= 4 is 23.2 Å². The number of aromatic nitrogens is 3. The van der Waals surface area contributed by atoms with E-state index in [1.807, 2.05) is 23.0 Å². The molecule has 0 unspecified atom stereocenters. The van der Waals surface area contributed by atoms with Gasteiger partial charge < -0.3 is 15.1 Å². The first-order valence-corrected chi connectivity index (χ1v) is 11.3. The zero-order valence-corrected chi connectivity index (χ0v) is 17.1. The molecular formula is C22H26N4O2S. The maximum atomic E-state index is 10.3. The molecule has 2 saturated heterocycles. The molecule has 0 saturated carbocycles. The summed E-state index contributed by atoms with van der Waals surface area (Å²) in [7, 11) is 0. The van der Waals surface area contributed by atoms with Crippen LogP contribution in [0.2, 0.25) is 0 Å². The molecule has 6 nitrogen and oxygen atoms in total. The van der Waals surface area contributed by atoms with Gasteiger partial charge in [0.15, 0.2) is 11.5 Å². The molecule has 29 heavy (non-hydrogen) atoms. The second kappa shape index (κ2) is 7.97. The zero-order chi connectivity index (χ0) is 19.8. The number of benzene rings is 1. The van der Waals surface area contributed by atoms with E-state index in [0.717, 1.165) is 49.5 Å². The first-order chi connectivity index (χ1) is 14.2. The Kier molecular flexibility index (Phi) is 5.20. The number of hydrogen-bond donors (Lipinski definition) is 2. The number of thioether (sulfide) groups is 1. The number of piperidine rings is 1. The van der Waals surface area contributed by atoms with Gasteiger partial charge in [0.25, 0.3) is 0 Å². The Morgan fingerprint density at radius 1 is 1.07 bits per heavy atom. The molecule has 1 aromatic carbocycles. The third-order valence-electron chi connectivity index (χ3n) is 6.16. The highest BCUT2D eigenvalue weighted by Crippen LogP contribution is 2.41. The predicted molar refractivity (Wildman–Crippen MR) is 115 cm³/mol. The van der Waals surface area contributed by atoms with Crippen molar-refractivity contribution < 1.29 is 10.2 Å². The van der Waals surface area contributed by atoms with Crippen molar-refractivity contribution in [2.75, 3.05) is 23.7 Å². The Morgan fingerprint density at radius 2 is 1.86 bits per heavy atom. The average Bonchev–Trinajstić information content (AvgIpc) is 3.33. The lowest BCUT2D eigenvalue weighted by Crippen LogP contribution is -2.35. The molecule has 0 bridgehead atoms. The lowest BCUT2D eigenvalue weighted by molar-refractivity contribution is 0.0411. The molecule has 0 spiro atoms. The second-order valence-corrected chi connectivity index (χ2v) is 9.23. The molecule has 152 valence electrons. The summed E-state index contributed by atoms with van der Waals surface area (Å²) in [4.78, 5) is 11.6. The number of aliphatic hydroxyl groups is 2. The molecule has 2 aromatic heterocycles. The van der Waals surface area contributed by atoms with E-state index in [2.05, 4.69) is 45.2 Å². The van der Waals surface area contributed by atoms with Gasteiger partial charge in [-0.1, -0.05) is 30.3 Å². The van der Waals surface area contributed by atoms with E-state index in [9.17, 15) is 10.2 Å². The van der Waals surface area contributed by atoms with Crippen molar-refractivity contribution in [2.45, 2.75) is 36.7 Å². The Labute approximate surface area is 174 Å². The summed E-state index contributed by atoms with van der Waals surface area (Å²) in [5.41, 5.74) is 3.17. The monoisotopic (exact) mass is 410 g/mol. The van der Waals surface area contributed by atoms with Crippen LogP contribution in [0.15, 0.2) is 48.9 Å². The maximum Gasteiger partial charge on any atom is 0.180 e. The van der Waals surface area contributed by atoms with Gasteiger partial charge in [-0.2, -0.15) is 0 Å². The predicted octanol–water partition coefficient (Wildman–Crippen LogP) is 2.70. The largest absolute Gasteiger partial charge is 0.390 e. The Hall–Kier alpha value is -2.09. The summed E-state index contributed by atoms with van der Waals surface area (Å²) in [6.45, 7) is 1.96. The Balaban J connectivity index is 1.33. The van der Waals surface area contributed by atoms with Crippen molar-refractivity contribution in [3.05, 3.63) is 60.2 Å². The SMILES string of the molecule is O[C@@H]1[C@H](O)CS[C@H]1c1cnc2c(N3CCC(Cc4ccccc4)CC3)nccn12. The maximum absolute atomic E-state index is 10.3. The Morgan fingerprint density at radius 3 is 2.59 bits per heavy atom. The molecule has 4 heterocycles. The van der Waals surface area contributed by atoms with Crippen LogP contribution in [-0.4, -0.2) is 55.6 Å². The molecule has 2 N–H and O–H groups in total. The summed E-state index contributed by atoms with van der Waals surface area (Å²) >= 11 is 1.58. The molecule has 2 fully saturated rings. The minimum absolute atomic E-state index is 0.160. The third-order valence-corrected chi connectivity index (χ3v) is 7.58. The second-order valence-electron chi connectivity index (χ2n) is 8.06. The quantitative estimate of drug-likeness (QED) is 0.689. The van der Waals surface area contributed by atoms with Gasteiger partial charge in [-0.25, -0.2) is 9.97 Å². The minimum atomic E-state index is -0.759. The summed E-state index contributed by atoms with van der Waals surface area (Å²) in [6.07, 6.45) is 7.53. The highest BCUT2D eigenvalue weighted by Gasteiger charge is 2.37. The van der Waals surface area contributed by atoms with Gasteiger partial charge in [-0.05, 0) is 30.7 Å². The van der Waals surface area contributed by atoms with Gasteiger partial charge in [0.2, 0.25) is 0 Å². The van der Waals surface area contributed by atoms with E-state index < -0.39 is 12.2 Å². The molecule has 2 aliphatic heterocycles. The topological polar surface area (TPSA) is 73.9 Å². The number of aliphatic hydroxyl groups excluding tert-OH is 2. The van der Waals surface area contributed by atoms with E-state index in [4.69, 9.17) is 0 Å². The van der Waals surface area contributed by atoms with E-state index >= 15 is 0 Å². The molecule has 3 atom stereocenters. The fraction of sp³-hybridized carbons (Fsp3) is 0.455. The third kappa shape index (κ3) is 3.63. The molecule has 0 radical (unpaired) electrons. The molecule has 2 aliphatic rings. The van der Waals surface area contributed by atoms with Crippen molar-refractivity contribution in [2.24, 2.45) is 5.92 Å². The van der Waals surface area contributed by atoms with Crippen molar-refractivity contribution in [3.63, 3.8) is 0 Å². The molecule has 0 aliphatic carbocycles. The van der Waals surface area contributed by atoms with Crippen LogP contribution in [0.1, 0.15) is 29.3 Å². The van der Waals surface area contributed by atoms with E-state index in [0.29, 0.717) is 11.7 Å². The minimum Gasteiger partial charge on any atom is -0.390 e. The van der Waals surface area contributed by atoms with Crippen LogP contribution in [0, 0.1) is 5.92 Å². The smallest absolute Gasteiger partial charge is 0.180 e. The van der Waals surface area contributed by atoms with Crippen LogP contribution in [0.25, 0.3) is 5.65 Å². The van der Waals surface area contributed by atoms with Crippen LogP contribution in [0.4, 0.5) is 5.82 Å². The summed E-state index contributed by atoms with van der Waals surface area (Å²) < 4.78 is 2.03. The van der Waals surface area contributed by atoms with Crippen LogP contribution in [0.3, 0.4) is 0 Å². The van der Waals surface area contributed by atoms with Crippen molar-refractivity contribution in [1.82, 2.24) is 14.4 Å². The lowest BCUT2D eigenvalue weighted by atomic mass is 9.90. The Bertz CT molecular complexity index is 971. The zero-order valence-electron chi connectivity index (χ0n) is 16.3. The first kappa shape index (κ1) is 18.9. The van der Waals surface area contributed by atoms with Gasteiger partial charge >= 0.3 is 0 Å². The molecular weight excluding hydrogens is 384 g/mol. The number of fused-ring (bicyclic) bond motifs is 1. The van der Waals surface area contributed by atoms with Crippen LogP contribution >= 0.6 is 11.8 Å². The molecule has 5 rings (SSSR count). The van der Waals surface area contributed by atoms with Gasteiger partial charge in [0.05, 0.1) is 29.3 Å². The average molecular weight is 411 g/mol. The first-order valence-electron chi connectivity index (χ1n) is 10.3. The highest BCUT2D eigenvalue weighted by atomic mass is 32.2. The summed E-state index contributed by atoms with van der Waals surface area (Å²) in [5, 5.41) is 20.1. The fourth-order valence-electron chi connectivity index (χ4n) is 4.52. The van der Waals surface area contributed by atoms with Gasteiger partial charge in [0, 0.05) is 31.2 Å². The highest BCUT2D eigenvalue weighted by molar-refractivity contribution is 7.99. The van der Waals surface area contributed by atoms with Crippen LogP contribution in [-0.2, 0) is 6.42 Å². The fourth-order valence-corrected chi connectivity index (χ4v) is 5.84. The van der Waals surface area contributed by atoms with Gasteiger partial charge in [-0.15, -0.1) is 11.8 Å². The van der Waals surface area contributed by atoms with Crippen LogP contribution in [0.5, 0.6) is 0 Å². The number of imidazole rings is 1. The van der Waals surface area contributed by atoms with Crippen LogP contribution < -0.4 is 4.90 Å². The van der Waals surface area contributed by atoms with E-state index in [1.54, 1.807) is 11.8 Å². The standard InChI is InChI=1S/C22H26N4O2S/c27-18-14-29-20(19(18)28)17-13-24-22-21(23-8-11-26(17)22)25-9-6-16(7-10-25)12-15-4-2-1-3-5-15/h1-5,8,11,13,16,18-20,27-28H,6-7,9-10,12,14H2/t18-,19-,20+/m1/s1. The lowest BCUT2D eigenvalue weighted by Gasteiger charge is -2.33. The summed E-state index contributed by atoms with van der Waals surface area (Å²) in [5.74, 6) is 2.16. The normalized spacial score (nSPS) is 25.7. The van der Waals surface area contributed by atoms with Crippen molar-refractivity contribution in [3.8, 4) is 0 Å². The summed E-state index contributed by atoms with van der Waals surface area (Å²) in [6, 6.07) is 10.7. The number of rotatable bonds is 4. The van der Waals surface area contributed by atoms with Gasteiger partial charge in [-0.3, -0.25) is 4.40 Å². The van der Waals surface area contributed by atoms with E-state index in [1.165, 1.54) is 5.56 Å². The molecule has 3 aromatic rings. The van der Waals surface area contributed by atoms with Gasteiger partial charge in [0.1, 0.15) is 0 Å². The molecule has 0 amide bonds. The number of hydrogen-bond acceptors (Lipinski definition) is 6. The number of anilines is 1. The molecule has 7 heteroatoms. The van der Waals surface area contributed by atoms with E-state index in [-0.39, 0.29) is 5.25 Å².